The third-order valence-corrected chi connectivity index (χ3v) is 3.90. The van der Waals surface area contributed by atoms with Crippen molar-refractivity contribution in [2.45, 2.75) is 51.2 Å². The summed E-state index contributed by atoms with van der Waals surface area (Å²) in [5.41, 5.74) is 0.984. The Morgan fingerprint density at radius 3 is 2.88 bits per heavy atom. The largest absolute Gasteiger partial charge is 0.390 e. The van der Waals surface area contributed by atoms with Crippen LogP contribution < -0.4 is 5.32 Å². The Morgan fingerprint density at radius 2 is 2.21 bits per heavy atom. The fourth-order valence-electron chi connectivity index (χ4n) is 2.74. The zero-order chi connectivity index (χ0) is 17.5. The molecule has 24 heavy (non-hydrogen) atoms. The first kappa shape index (κ1) is 17.3. The van der Waals surface area contributed by atoms with E-state index in [0.717, 1.165) is 0 Å². The number of methoxy groups -OCH3 is 1. The van der Waals surface area contributed by atoms with E-state index in [2.05, 4.69) is 20.3 Å². The number of rotatable bonds is 4. The van der Waals surface area contributed by atoms with Gasteiger partial charge in [-0.15, -0.1) is 0 Å². The number of fused-ring (bicyclic) bond motifs is 1. The van der Waals surface area contributed by atoms with Gasteiger partial charge in [0, 0.05) is 19.1 Å². The second-order valence-electron chi connectivity index (χ2n) is 6.93. The van der Waals surface area contributed by atoms with E-state index >= 15 is 0 Å². The van der Waals surface area contributed by atoms with E-state index in [-0.39, 0.29) is 23.2 Å². The highest BCUT2D eigenvalue weighted by molar-refractivity contribution is 6.28. The lowest BCUT2D eigenvalue weighted by atomic mass is 10.1. The Kier molecular flexibility index (Phi) is 4.65. The normalized spacial score (nSPS) is 24.7. The highest BCUT2D eigenvalue weighted by atomic mass is 35.5. The minimum atomic E-state index is -0.600. The van der Waals surface area contributed by atoms with Crippen molar-refractivity contribution in [3.63, 3.8) is 0 Å². The summed E-state index contributed by atoms with van der Waals surface area (Å²) in [5, 5.41) is 13.5. The standard InChI is InChI=1S/C15H22ClN5O3/c1-15(2,3)20-12-11-13(19-14(16)18-12)21(7-17-11)10-5-8(22)9(24-10)6-23-4/h7-10,22H,5-6H2,1-4H3,(H,18,19,20)/t8?,9-,10-/m1/s1. The lowest BCUT2D eigenvalue weighted by molar-refractivity contribution is -0.0523. The number of ether oxygens (including phenoxy) is 2. The second kappa shape index (κ2) is 6.44. The Labute approximate surface area is 145 Å². The summed E-state index contributed by atoms with van der Waals surface area (Å²) in [7, 11) is 1.58. The highest BCUT2D eigenvalue weighted by Gasteiger charge is 2.36. The highest BCUT2D eigenvalue weighted by Crippen LogP contribution is 2.32. The Balaban J connectivity index is 1.96. The molecular weight excluding hydrogens is 334 g/mol. The topological polar surface area (TPSA) is 94.3 Å². The van der Waals surface area contributed by atoms with Crippen LogP contribution in [0.1, 0.15) is 33.4 Å². The minimum absolute atomic E-state index is 0.128. The maximum absolute atomic E-state index is 10.1. The summed E-state index contributed by atoms with van der Waals surface area (Å²) in [6.07, 6.45) is 0.719. The van der Waals surface area contributed by atoms with Crippen LogP contribution in [0.25, 0.3) is 11.2 Å². The monoisotopic (exact) mass is 355 g/mol. The van der Waals surface area contributed by atoms with E-state index in [0.29, 0.717) is 30.0 Å². The maximum Gasteiger partial charge on any atom is 0.226 e. The number of halogens is 1. The van der Waals surface area contributed by atoms with Gasteiger partial charge in [0.2, 0.25) is 5.28 Å². The molecule has 0 bridgehead atoms. The SMILES string of the molecule is COC[C@H]1O[C@@H](n2cnc3c(NC(C)(C)C)nc(Cl)nc32)CC1O. The molecule has 0 amide bonds. The molecule has 2 aromatic heterocycles. The lowest BCUT2D eigenvalue weighted by Crippen LogP contribution is -2.27. The molecule has 132 valence electrons. The molecule has 8 nitrogen and oxygen atoms in total. The van der Waals surface area contributed by atoms with Gasteiger partial charge in [0.15, 0.2) is 17.0 Å². The zero-order valence-corrected chi connectivity index (χ0v) is 14.9. The summed E-state index contributed by atoms with van der Waals surface area (Å²) in [6, 6.07) is 0. The van der Waals surface area contributed by atoms with Gasteiger partial charge in [-0.05, 0) is 32.4 Å². The van der Waals surface area contributed by atoms with Gasteiger partial charge in [0.05, 0.1) is 19.0 Å². The second-order valence-corrected chi connectivity index (χ2v) is 7.27. The molecule has 0 spiro atoms. The molecule has 3 rings (SSSR count). The van der Waals surface area contributed by atoms with E-state index in [1.54, 1.807) is 18.0 Å². The van der Waals surface area contributed by atoms with Crippen molar-refractivity contribution in [3.05, 3.63) is 11.6 Å². The van der Waals surface area contributed by atoms with Crippen molar-refractivity contribution in [1.82, 2.24) is 19.5 Å². The van der Waals surface area contributed by atoms with Crippen LogP contribution in [0.3, 0.4) is 0 Å². The third-order valence-electron chi connectivity index (χ3n) is 3.73. The maximum atomic E-state index is 10.1. The van der Waals surface area contributed by atoms with Gasteiger partial charge in [0.1, 0.15) is 12.3 Å². The van der Waals surface area contributed by atoms with E-state index in [1.807, 2.05) is 20.8 Å². The molecule has 0 aliphatic carbocycles. The third kappa shape index (κ3) is 3.46. The predicted molar refractivity (Wildman–Crippen MR) is 90.1 cm³/mol. The average Bonchev–Trinajstić information content (AvgIpc) is 3.02. The zero-order valence-electron chi connectivity index (χ0n) is 14.2. The number of aromatic nitrogens is 4. The molecule has 0 aromatic carbocycles. The average molecular weight is 356 g/mol. The number of nitrogens with zero attached hydrogens (tertiary/aromatic N) is 4. The number of hydrogen-bond donors (Lipinski definition) is 2. The molecule has 1 fully saturated rings. The molecule has 0 radical (unpaired) electrons. The molecule has 1 unspecified atom stereocenters. The molecule has 1 aliphatic rings. The minimum Gasteiger partial charge on any atom is -0.390 e. The predicted octanol–water partition coefficient (Wildman–Crippen LogP) is 1.98. The first-order valence-corrected chi connectivity index (χ1v) is 8.17. The Bertz CT molecular complexity index is 730. The molecule has 3 heterocycles. The Hall–Kier alpha value is -1.48. The number of aliphatic hydroxyl groups excluding tert-OH is 1. The van der Waals surface area contributed by atoms with Crippen molar-refractivity contribution >= 4 is 28.6 Å². The van der Waals surface area contributed by atoms with E-state index in [9.17, 15) is 5.11 Å². The number of hydrogen-bond acceptors (Lipinski definition) is 7. The van der Waals surface area contributed by atoms with Crippen molar-refractivity contribution in [2.75, 3.05) is 19.0 Å². The van der Waals surface area contributed by atoms with Crippen LogP contribution in [0.4, 0.5) is 5.82 Å². The van der Waals surface area contributed by atoms with E-state index in [1.165, 1.54) is 0 Å². The Morgan fingerprint density at radius 1 is 1.46 bits per heavy atom. The van der Waals surface area contributed by atoms with Crippen molar-refractivity contribution in [2.24, 2.45) is 0 Å². The van der Waals surface area contributed by atoms with Gasteiger partial charge < -0.3 is 19.9 Å². The van der Waals surface area contributed by atoms with Crippen LogP contribution in [0.15, 0.2) is 6.33 Å². The molecule has 1 saturated heterocycles. The van der Waals surface area contributed by atoms with E-state index < -0.39 is 6.10 Å². The molecule has 2 aromatic rings. The number of anilines is 1. The van der Waals surface area contributed by atoms with Gasteiger partial charge in [-0.25, -0.2) is 4.98 Å². The number of nitrogens with one attached hydrogen (secondary N) is 1. The number of aliphatic hydroxyl groups is 1. The van der Waals surface area contributed by atoms with Crippen LogP contribution in [0.5, 0.6) is 0 Å². The molecule has 2 N–H and O–H groups in total. The molecule has 1 aliphatic heterocycles. The first-order chi connectivity index (χ1) is 11.3. The number of imidazole rings is 1. The summed E-state index contributed by atoms with van der Waals surface area (Å²) in [4.78, 5) is 12.9. The van der Waals surface area contributed by atoms with Crippen molar-refractivity contribution in [3.8, 4) is 0 Å². The van der Waals surface area contributed by atoms with Crippen LogP contribution in [0.2, 0.25) is 5.28 Å². The van der Waals surface area contributed by atoms with Gasteiger partial charge in [0.25, 0.3) is 0 Å². The fourth-order valence-corrected chi connectivity index (χ4v) is 2.91. The van der Waals surface area contributed by atoms with Crippen molar-refractivity contribution < 1.29 is 14.6 Å². The first-order valence-electron chi connectivity index (χ1n) is 7.79. The quantitative estimate of drug-likeness (QED) is 0.810. The van der Waals surface area contributed by atoms with Crippen LogP contribution in [-0.2, 0) is 9.47 Å². The van der Waals surface area contributed by atoms with Gasteiger partial charge in [-0.1, -0.05) is 0 Å². The van der Waals surface area contributed by atoms with Crippen LogP contribution in [0, 0.1) is 0 Å². The lowest BCUT2D eigenvalue weighted by Gasteiger charge is -2.21. The van der Waals surface area contributed by atoms with Gasteiger partial charge in [-0.3, -0.25) is 4.57 Å². The van der Waals surface area contributed by atoms with Gasteiger partial charge in [-0.2, -0.15) is 9.97 Å². The molecule has 3 atom stereocenters. The van der Waals surface area contributed by atoms with Crippen LogP contribution >= 0.6 is 11.6 Å². The summed E-state index contributed by atoms with van der Waals surface area (Å²) < 4.78 is 12.7. The van der Waals surface area contributed by atoms with Crippen molar-refractivity contribution in [1.29, 1.82) is 0 Å². The summed E-state index contributed by atoms with van der Waals surface area (Å²) in [6.45, 7) is 6.41. The van der Waals surface area contributed by atoms with Crippen LogP contribution in [-0.4, -0.2) is 56.1 Å². The summed E-state index contributed by atoms with van der Waals surface area (Å²) >= 11 is 6.08. The smallest absolute Gasteiger partial charge is 0.226 e. The summed E-state index contributed by atoms with van der Waals surface area (Å²) in [5.74, 6) is 0.572. The molecular formula is C15H22ClN5O3. The molecule has 0 saturated carbocycles. The fraction of sp³-hybridized carbons (Fsp3) is 0.667. The molecule has 9 heteroatoms. The van der Waals surface area contributed by atoms with E-state index in [4.69, 9.17) is 21.1 Å². The van der Waals surface area contributed by atoms with Gasteiger partial charge >= 0.3 is 0 Å².